The topological polar surface area (TPSA) is 102 Å². The Labute approximate surface area is 150 Å². The van der Waals surface area contributed by atoms with Crippen molar-refractivity contribution in [3.05, 3.63) is 54.1 Å². The minimum absolute atomic E-state index is 0.0490. The summed E-state index contributed by atoms with van der Waals surface area (Å²) in [5, 5.41) is 18.3. The molecular weight excluding hydrogens is 332 g/mol. The monoisotopic (exact) mass is 352 g/mol. The molecule has 3 aromatic rings. The number of aryl methyl sites for hydroxylation is 2. The highest BCUT2D eigenvalue weighted by Gasteiger charge is 2.16. The van der Waals surface area contributed by atoms with Crippen LogP contribution in [0.2, 0.25) is 0 Å². The number of rotatable bonds is 6. The van der Waals surface area contributed by atoms with E-state index in [0.29, 0.717) is 25.0 Å². The van der Waals surface area contributed by atoms with E-state index in [-0.39, 0.29) is 11.6 Å². The highest BCUT2D eigenvalue weighted by atomic mass is 16.5. The number of ether oxygens (including phenoxy) is 1. The maximum absolute atomic E-state index is 10.9. The molecule has 3 N–H and O–H groups in total. The summed E-state index contributed by atoms with van der Waals surface area (Å²) in [6, 6.07) is 14.3. The Bertz CT molecular complexity index is 963. The first-order chi connectivity index (χ1) is 12.6. The van der Waals surface area contributed by atoms with Gasteiger partial charge in [-0.15, -0.1) is 5.11 Å². The Morgan fingerprint density at radius 3 is 2.69 bits per heavy atom. The van der Waals surface area contributed by atoms with Crippen molar-refractivity contribution in [3.8, 4) is 11.6 Å². The van der Waals surface area contributed by atoms with Gasteiger partial charge in [-0.3, -0.25) is 0 Å². The summed E-state index contributed by atoms with van der Waals surface area (Å²) in [7, 11) is 0. The highest BCUT2D eigenvalue weighted by Crippen LogP contribution is 2.38. The van der Waals surface area contributed by atoms with Crippen LogP contribution in [0.15, 0.2) is 58.8 Å². The van der Waals surface area contributed by atoms with E-state index >= 15 is 0 Å². The molecule has 2 aromatic carbocycles. The average molecular weight is 352 g/mol. The van der Waals surface area contributed by atoms with Gasteiger partial charge in [0, 0.05) is 11.9 Å². The van der Waals surface area contributed by atoms with E-state index in [9.17, 15) is 9.90 Å². The summed E-state index contributed by atoms with van der Waals surface area (Å²) in [6.45, 7) is 3.04. The average Bonchev–Trinajstić information content (AvgIpc) is 2.90. The summed E-state index contributed by atoms with van der Waals surface area (Å²) in [5.41, 5.74) is 7.12. The molecule has 7 heteroatoms. The van der Waals surface area contributed by atoms with Gasteiger partial charge < -0.3 is 20.1 Å². The second-order valence-corrected chi connectivity index (χ2v) is 5.85. The molecule has 0 spiro atoms. The summed E-state index contributed by atoms with van der Waals surface area (Å²) in [4.78, 5) is 10.9. The van der Waals surface area contributed by atoms with E-state index < -0.39 is 6.03 Å². The lowest BCUT2D eigenvalue weighted by Crippen LogP contribution is -2.04. The Hall–Kier alpha value is -3.35. The maximum Gasteiger partial charge on any atom is 0.356 e. The number of aromatic hydroxyl groups is 1. The van der Waals surface area contributed by atoms with Crippen LogP contribution in [0, 0.1) is 6.92 Å². The number of azo groups is 1. The fraction of sp³-hybridized carbons (Fsp3) is 0.211. The molecule has 0 bridgehead atoms. The lowest BCUT2D eigenvalue weighted by atomic mass is 10.2. The second kappa shape index (κ2) is 7.69. The first-order valence-corrected chi connectivity index (χ1v) is 8.27. The lowest BCUT2D eigenvalue weighted by Gasteiger charge is -2.10. The molecule has 0 atom stereocenters. The van der Waals surface area contributed by atoms with E-state index in [1.54, 1.807) is 4.57 Å². The molecule has 1 heterocycles. The van der Waals surface area contributed by atoms with E-state index in [4.69, 9.17) is 10.5 Å². The van der Waals surface area contributed by atoms with Gasteiger partial charge in [0.1, 0.15) is 5.75 Å². The smallest absolute Gasteiger partial charge is 0.356 e. The number of aromatic nitrogens is 1. The van der Waals surface area contributed by atoms with Gasteiger partial charge in [0.2, 0.25) is 5.88 Å². The SMILES string of the molecule is Cc1ccccc1OCCCn1c(O)c(N=NC(N)=O)c2ccccc21. The first kappa shape index (κ1) is 17.5. The summed E-state index contributed by atoms with van der Waals surface area (Å²) in [5.74, 6) is 0.803. The van der Waals surface area contributed by atoms with Crippen molar-refractivity contribution >= 4 is 22.6 Å². The van der Waals surface area contributed by atoms with Crippen molar-refractivity contribution < 1.29 is 14.6 Å². The number of carbonyl (C=O) groups is 1. The number of primary amides is 1. The fourth-order valence-electron chi connectivity index (χ4n) is 2.82. The molecule has 7 nitrogen and oxygen atoms in total. The molecule has 0 saturated carbocycles. The zero-order valence-electron chi connectivity index (χ0n) is 14.4. The molecule has 0 unspecified atom stereocenters. The molecule has 0 aliphatic rings. The number of urea groups is 1. The van der Waals surface area contributed by atoms with Crippen LogP contribution in [0.4, 0.5) is 10.5 Å². The van der Waals surface area contributed by atoms with Gasteiger partial charge in [0.05, 0.1) is 12.1 Å². The number of nitrogens with two attached hydrogens (primary N) is 1. The van der Waals surface area contributed by atoms with Gasteiger partial charge in [-0.2, -0.15) is 0 Å². The number of para-hydroxylation sites is 2. The fourth-order valence-corrected chi connectivity index (χ4v) is 2.82. The van der Waals surface area contributed by atoms with Crippen molar-refractivity contribution in [3.63, 3.8) is 0 Å². The molecule has 26 heavy (non-hydrogen) atoms. The van der Waals surface area contributed by atoms with Crippen molar-refractivity contribution in [2.45, 2.75) is 19.9 Å². The van der Waals surface area contributed by atoms with Gasteiger partial charge >= 0.3 is 6.03 Å². The third kappa shape index (κ3) is 3.66. The third-order valence-corrected chi connectivity index (χ3v) is 4.04. The van der Waals surface area contributed by atoms with Crippen LogP contribution in [-0.4, -0.2) is 22.3 Å². The number of hydrogen-bond acceptors (Lipinski definition) is 4. The third-order valence-electron chi connectivity index (χ3n) is 4.04. The molecule has 0 aliphatic heterocycles. The predicted octanol–water partition coefficient (Wildman–Crippen LogP) is 4.29. The number of nitrogens with zero attached hydrogens (tertiary/aromatic N) is 3. The lowest BCUT2D eigenvalue weighted by molar-refractivity contribution is 0.255. The van der Waals surface area contributed by atoms with Crippen molar-refractivity contribution in [2.24, 2.45) is 16.0 Å². The van der Waals surface area contributed by atoms with Crippen LogP contribution < -0.4 is 10.5 Å². The highest BCUT2D eigenvalue weighted by molar-refractivity contribution is 5.95. The Balaban J connectivity index is 1.76. The van der Waals surface area contributed by atoms with E-state index in [1.807, 2.05) is 55.5 Å². The molecular formula is C19H20N4O3. The molecule has 0 radical (unpaired) electrons. The van der Waals surface area contributed by atoms with E-state index in [2.05, 4.69) is 10.2 Å². The van der Waals surface area contributed by atoms with Crippen LogP contribution in [0.5, 0.6) is 11.6 Å². The Kier molecular flexibility index (Phi) is 5.17. The first-order valence-electron chi connectivity index (χ1n) is 8.27. The quantitative estimate of drug-likeness (QED) is 0.511. The van der Waals surface area contributed by atoms with E-state index in [0.717, 1.165) is 16.8 Å². The molecule has 3 rings (SSSR count). The number of benzene rings is 2. The molecule has 2 amide bonds. The van der Waals surface area contributed by atoms with Crippen molar-refractivity contribution in [2.75, 3.05) is 6.61 Å². The van der Waals surface area contributed by atoms with Crippen molar-refractivity contribution in [1.29, 1.82) is 0 Å². The van der Waals surface area contributed by atoms with Crippen molar-refractivity contribution in [1.82, 2.24) is 4.57 Å². The van der Waals surface area contributed by atoms with E-state index in [1.165, 1.54) is 0 Å². The van der Waals surface area contributed by atoms with Crippen LogP contribution in [-0.2, 0) is 6.54 Å². The van der Waals surface area contributed by atoms with Gasteiger partial charge in [0.25, 0.3) is 0 Å². The van der Waals surface area contributed by atoms with Crippen LogP contribution in [0.1, 0.15) is 12.0 Å². The number of fused-ring (bicyclic) bond motifs is 1. The molecule has 0 fully saturated rings. The summed E-state index contributed by atoms with van der Waals surface area (Å²) in [6.07, 6.45) is 0.687. The largest absolute Gasteiger partial charge is 0.493 e. The Morgan fingerprint density at radius 1 is 1.19 bits per heavy atom. The van der Waals surface area contributed by atoms with Gasteiger partial charge in [-0.1, -0.05) is 41.5 Å². The number of hydrogen-bond donors (Lipinski definition) is 2. The molecule has 134 valence electrons. The van der Waals surface area contributed by atoms with Crippen LogP contribution in [0.3, 0.4) is 0 Å². The predicted molar refractivity (Wildman–Crippen MR) is 99.0 cm³/mol. The molecule has 1 aromatic heterocycles. The zero-order valence-corrected chi connectivity index (χ0v) is 14.4. The Morgan fingerprint density at radius 2 is 1.92 bits per heavy atom. The molecule has 0 saturated heterocycles. The minimum atomic E-state index is -0.909. The number of carbonyl (C=O) groups excluding carboxylic acids is 1. The molecule has 0 aliphatic carbocycles. The van der Waals surface area contributed by atoms with Crippen LogP contribution in [0.25, 0.3) is 10.9 Å². The normalized spacial score (nSPS) is 11.3. The maximum atomic E-state index is 10.9. The minimum Gasteiger partial charge on any atom is -0.493 e. The van der Waals surface area contributed by atoms with Gasteiger partial charge in [-0.25, -0.2) is 4.79 Å². The summed E-state index contributed by atoms with van der Waals surface area (Å²) >= 11 is 0. The number of amides is 2. The zero-order chi connectivity index (χ0) is 18.5. The van der Waals surface area contributed by atoms with Gasteiger partial charge in [-0.05, 0) is 31.0 Å². The summed E-state index contributed by atoms with van der Waals surface area (Å²) < 4.78 is 7.53. The van der Waals surface area contributed by atoms with Gasteiger partial charge in [0.15, 0.2) is 5.69 Å². The van der Waals surface area contributed by atoms with Crippen LogP contribution >= 0.6 is 0 Å². The standard InChI is InChI=1S/C19H20N4O3/c1-13-7-2-5-10-16(13)26-12-6-11-23-15-9-4-3-8-14(15)17(18(23)24)21-22-19(20)25/h2-5,7-10,24H,6,11-12H2,1H3,(H2,20,25). The second-order valence-electron chi connectivity index (χ2n) is 5.85.